The Balaban J connectivity index is 1.90. The first-order valence-electron chi connectivity index (χ1n) is 7.88. The number of benzene rings is 1. The van der Waals surface area contributed by atoms with Gasteiger partial charge in [0.15, 0.2) is 0 Å². The Kier molecular flexibility index (Phi) is 4.54. The molecule has 1 saturated heterocycles. The van der Waals surface area contributed by atoms with E-state index in [1.807, 2.05) is 0 Å². The van der Waals surface area contributed by atoms with Gasteiger partial charge in [-0.1, -0.05) is 0 Å². The molecule has 2 N–H and O–H groups in total. The van der Waals surface area contributed by atoms with E-state index in [2.05, 4.69) is 0 Å². The van der Waals surface area contributed by atoms with Crippen LogP contribution in [0, 0.1) is 11.8 Å². The summed E-state index contributed by atoms with van der Waals surface area (Å²) in [5.41, 5.74) is 0.222. The molecule has 0 spiro atoms. The van der Waals surface area contributed by atoms with Crippen molar-refractivity contribution in [2.45, 2.75) is 23.8 Å². The fraction of sp³-hybridized carbons (Fsp3) is 0.562. The van der Waals surface area contributed by atoms with Crippen molar-refractivity contribution in [2.75, 3.05) is 27.3 Å². The van der Waals surface area contributed by atoms with Crippen molar-refractivity contribution in [3.05, 3.63) is 23.8 Å². The highest BCUT2D eigenvalue weighted by Gasteiger charge is 2.43. The van der Waals surface area contributed by atoms with Crippen LogP contribution in [0.25, 0.3) is 0 Å². The zero-order valence-electron chi connectivity index (χ0n) is 13.8. The van der Waals surface area contributed by atoms with Crippen molar-refractivity contribution in [1.82, 2.24) is 4.90 Å². The predicted molar refractivity (Wildman–Crippen MR) is 87.3 cm³/mol. The molecule has 3 rings (SSSR count). The molecular formula is C16H22N2O5S. The largest absolute Gasteiger partial charge is 0.496 e. The van der Waals surface area contributed by atoms with Gasteiger partial charge in [-0.05, 0) is 31.0 Å². The van der Waals surface area contributed by atoms with Crippen LogP contribution in [0.3, 0.4) is 0 Å². The van der Waals surface area contributed by atoms with E-state index in [1.54, 1.807) is 12.0 Å². The van der Waals surface area contributed by atoms with Gasteiger partial charge >= 0.3 is 0 Å². The van der Waals surface area contributed by atoms with E-state index >= 15 is 0 Å². The Morgan fingerprint density at radius 1 is 1.21 bits per heavy atom. The monoisotopic (exact) mass is 354 g/mol. The average Bonchev–Trinajstić information content (AvgIpc) is 2.80. The lowest BCUT2D eigenvalue weighted by molar-refractivity contribution is -0.0114. The number of hydrogen-bond donors (Lipinski definition) is 1. The van der Waals surface area contributed by atoms with Crippen molar-refractivity contribution in [3.8, 4) is 5.75 Å². The summed E-state index contributed by atoms with van der Waals surface area (Å²) in [5.74, 6) is 0.757. The molecule has 2 aliphatic rings. The first kappa shape index (κ1) is 17.2. The second kappa shape index (κ2) is 6.34. The first-order chi connectivity index (χ1) is 11.3. The third-order valence-corrected chi connectivity index (χ3v) is 5.95. The second-order valence-corrected chi connectivity index (χ2v) is 7.98. The molecule has 1 aromatic carbocycles. The zero-order valence-corrected chi connectivity index (χ0v) is 14.6. The van der Waals surface area contributed by atoms with Crippen molar-refractivity contribution in [1.29, 1.82) is 0 Å². The van der Waals surface area contributed by atoms with Crippen LogP contribution in [0.1, 0.15) is 23.2 Å². The van der Waals surface area contributed by atoms with Crippen LogP contribution >= 0.6 is 0 Å². The van der Waals surface area contributed by atoms with Gasteiger partial charge in [0.05, 0.1) is 23.7 Å². The number of ether oxygens (including phenoxy) is 2. The predicted octanol–water partition coefficient (Wildman–Crippen LogP) is 0.840. The number of nitrogens with two attached hydrogens (primary N) is 1. The van der Waals surface area contributed by atoms with E-state index in [9.17, 15) is 13.2 Å². The fourth-order valence-corrected chi connectivity index (χ4v) is 4.46. The number of amides is 1. The quantitative estimate of drug-likeness (QED) is 0.864. The van der Waals surface area contributed by atoms with Gasteiger partial charge in [-0.3, -0.25) is 4.79 Å². The van der Waals surface area contributed by atoms with Crippen molar-refractivity contribution < 1.29 is 22.7 Å². The number of carbonyl (C=O) groups is 1. The molecule has 132 valence electrons. The van der Waals surface area contributed by atoms with Gasteiger partial charge in [-0.15, -0.1) is 0 Å². The molecule has 2 fully saturated rings. The van der Waals surface area contributed by atoms with Crippen molar-refractivity contribution >= 4 is 15.9 Å². The van der Waals surface area contributed by atoms with Crippen molar-refractivity contribution in [3.63, 3.8) is 0 Å². The lowest BCUT2D eigenvalue weighted by Crippen LogP contribution is -2.48. The summed E-state index contributed by atoms with van der Waals surface area (Å²) in [6, 6.07) is 4.09. The highest BCUT2D eigenvalue weighted by molar-refractivity contribution is 7.89. The smallest absolute Gasteiger partial charge is 0.257 e. The van der Waals surface area contributed by atoms with E-state index in [0.717, 1.165) is 12.8 Å². The fourth-order valence-electron chi connectivity index (χ4n) is 3.92. The van der Waals surface area contributed by atoms with Crippen LogP contribution in [0.2, 0.25) is 0 Å². The molecular weight excluding hydrogens is 332 g/mol. The normalized spacial score (nSPS) is 26.5. The molecule has 1 saturated carbocycles. The molecule has 8 heteroatoms. The zero-order chi connectivity index (χ0) is 17.5. The van der Waals surface area contributed by atoms with Crippen LogP contribution in [0.4, 0.5) is 0 Å². The Hall–Kier alpha value is -1.64. The lowest BCUT2D eigenvalue weighted by atomic mass is 9.94. The highest BCUT2D eigenvalue weighted by atomic mass is 32.2. The number of hydrogen-bond acceptors (Lipinski definition) is 5. The maximum absolute atomic E-state index is 12.9. The minimum Gasteiger partial charge on any atom is -0.496 e. The molecule has 1 heterocycles. The summed E-state index contributed by atoms with van der Waals surface area (Å²) in [4.78, 5) is 14.6. The van der Waals surface area contributed by atoms with E-state index in [1.165, 1.54) is 25.3 Å². The molecule has 0 aromatic heterocycles. The summed E-state index contributed by atoms with van der Waals surface area (Å²) in [5, 5.41) is 5.18. The minimum absolute atomic E-state index is 0.0959. The third-order valence-electron chi connectivity index (χ3n) is 5.04. The first-order valence-corrected chi connectivity index (χ1v) is 9.42. The van der Waals surface area contributed by atoms with E-state index in [4.69, 9.17) is 14.6 Å². The number of sulfonamides is 1. The van der Waals surface area contributed by atoms with Crippen LogP contribution in [-0.2, 0) is 14.8 Å². The summed E-state index contributed by atoms with van der Waals surface area (Å²) in [6.45, 7) is 1.22. The van der Waals surface area contributed by atoms with E-state index in [0.29, 0.717) is 30.7 Å². The number of rotatable bonds is 4. The van der Waals surface area contributed by atoms with E-state index < -0.39 is 10.0 Å². The van der Waals surface area contributed by atoms with Crippen molar-refractivity contribution in [2.24, 2.45) is 17.0 Å². The standard InChI is InChI=1S/C16H22N2O5S/c1-22-14-6-5-12(24(17,20)21)7-13(14)16(19)18-8-10-3-4-11(9-18)15(10)23-2/h5-7,10-11,15H,3-4,8-9H2,1-2H3,(H2,17,20,21). The number of likely N-dealkylation sites (tertiary alicyclic amines) is 1. The van der Waals surface area contributed by atoms with Gasteiger partial charge < -0.3 is 14.4 Å². The molecule has 1 amide bonds. The number of methoxy groups -OCH3 is 2. The SMILES string of the molecule is COc1ccc(S(N)(=O)=O)cc1C(=O)N1CC2CCC(C1)C2OC. The number of piperidine rings is 1. The molecule has 7 nitrogen and oxygen atoms in total. The average molecular weight is 354 g/mol. The molecule has 1 aliphatic heterocycles. The third kappa shape index (κ3) is 3.01. The summed E-state index contributed by atoms with van der Waals surface area (Å²) in [7, 11) is -0.720. The summed E-state index contributed by atoms with van der Waals surface area (Å²) < 4.78 is 33.9. The molecule has 0 radical (unpaired) electrons. The lowest BCUT2D eigenvalue weighted by Gasteiger charge is -2.37. The molecule has 1 aromatic rings. The molecule has 24 heavy (non-hydrogen) atoms. The Bertz CT molecular complexity index is 735. The van der Waals surface area contributed by atoms with E-state index in [-0.39, 0.29) is 22.5 Å². The molecule has 1 aliphatic carbocycles. The Labute approximate surface area is 141 Å². The Morgan fingerprint density at radius 2 is 1.83 bits per heavy atom. The highest BCUT2D eigenvalue weighted by Crippen LogP contribution is 2.39. The van der Waals surface area contributed by atoms with Crippen LogP contribution in [-0.4, -0.2) is 52.6 Å². The number of primary sulfonamides is 1. The molecule has 2 atom stereocenters. The number of fused-ring (bicyclic) bond motifs is 2. The van der Waals surface area contributed by atoms with Gasteiger partial charge in [0.2, 0.25) is 10.0 Å². The summed E-state index contributed by atoms with van der Waals surface area (Å²) >= 11 is 0. The van der Waals surface area contributed by atoms with Gasteiger partial charge in [-0.2, -0.15) is 0 Å². The second-order valence-electron chi connectivity index (χ2n) is 6.42. The topological polar surface area (TPSA) is 98.9 Å². The van der Waals surface area contributed by atoms with Crippen LogP contribution < -0.4 is 9.88 Å². The maximum Gasteiger partial charge on any atom is 0.257 e. The van der Waals surface area contributed by atoms with Crippen LogP contribution in [0.5, 0.6) is 5.75 Å². The van der Waals surface area contributed by atoms with Crippen LogP contribution in [0.15, 0.2) is 23.1 Å². The van der Waals surface area contributed by atoms with Gasteiger partial charge in [0.25, 0.3) is 5.91 Å². The number of carbonyl (C=O) groups excluding carboxylic acids is 1. The Morgan fingerprint density at radius 3 is 2.33 bits per heavy atom. The summed E-state index contributed by atoms with van der Waals surface area (Å²) in [6.07, 6.45) is 2.29. The van der Waals surface area contributed by atoms with Gasteiger partial charge in [0, 0.05) is 32.0 Å². The molecule has 2 bridgehead atoms. The van der Waals surface area contributed by atoms with Gasteiger partial charge in [0.1, 0.15) is 5.75 Å². The molecule has 2 unspecified atom stereocenters. The minimum atomic E-state index is -3.88. The number of nitrogens with zero attached hydrogens (tertiary/aromatic N) is 1. The van der Waals surface area contributed by atoms with Gasteiger partial charge in [-0.25, -0.2) is 13.6 Å². The maximum atomic E-state index is 12.9.